The minimum atomic E-state index is 0.00254. The maximum Gasteiger partial charge on any atom is 0.307 e. The van der Waals surface area contributed by atoms with E-state index in [0.717, 1.165) is 16.9 Å². The van der Waals surface area contributed by atoms with Gasteiger partial charge in [-0.25, -0.2) is 0 Å². The van der Waals surface area contributed by atoms with Crippen molar-refractivity contribution < 1.29 is 0 Å². The van der Waals surface area contributed by atoms with Crippen LogP contribution in [0.2, 0.25) is 0 Å². The standard InChI is InChI=1S/C11H8N2OS/c12-7-9-3-1-2-4-10(9)8-13-5-6-15-11(13)14/h1-6H,8H2. The van der Waals surface area contributed by atoms with Gasteiger partial charge in [0.05, 0.1) is 18.2 Å². The van der Waals surface area contributed by atoms with Gasteiger partial charge in [0, 0.05) is 11.6 Å². The Hall–Kier alpha value is -1.86. The minimum absolute atomic E-state index is 0.00254. The predicted molar refractivity (Wildman–Crippen MR) is 58.8 cm³/mol. The Balaban J connectivity index is 2.37. The van der Waals surface area contributed by atoms with Crippen LogP contribution in [0.25, 0.3) is 0 Å². The van der Waals surface area contributed by atoms with Crippen LogP contribution in [0.5, 0.6) is 0 Å². The summed E-state index contributed by atoms with van der Waals surface area (Å²) in [5.74, 6) is 0. The first-order chi connectivity index (χ1) is 7.31. The molecule has 1 aromatic carbocycles. The third kappa shape index (κ3) is 1.97. The van der Waals surface area contributed by atoms with Gasteiger partial charge in [0.2, 0.25) is 0 Å². The first-order valence-corrected chi connectivity index (χ1v) is 5.31. The van der Waals surface area contributed by atoms with Crippen LogP contribution < -0.4 is 4.87 Å². The highest BCUT2D eigenvalue weighted by molar-refractivity contribution is 7.07. The van der Waals surface area contributed by atoms with Gasteiger partial charge in [-0.15, -0.1) is 0 Å². The molecule has 2 rings (SSSR count). The third-order valence-electron chi connectivity index (χ3n) is 2.12. The first-order valence-electron chi connectivity index (χ1n) is 4.43. The maximum absolute atomic E-state index is 11.3. The molecule has 0 fully saturated rings. The van der Waals surface area contributed by atoms with Gasteiger partial charge in [-0.2, -0.15) is 5.26 Å². The lowest BCUT2D eigenvalue weighted by atomic mass is 10.1. The monoisotopic (exact) mass is 216 g/mol. The molecule has 4 heteroatoms. The minimum Gasteiger partial charge on any atom is -0.301 e. The highest BCUT2D eigenvalue weighted by Gasteiger charge is 2.03. The van der Waals surface area contributed by atoms with Gasteiger partial charge >= 0.3 is 4.87 Å². The zero-order valence-corrected chi connectivity index (χ0v) is 8.70. The third-order valence-corrected chi connectivity index (χ3v) is 2.82. The van der Waals surface area contributed by atoms with E-state index >= 15 is 0 Å². The topological polar surface area (TPSA) is 45.8 Å². The fourth-order valence-electron chi connectivity index (χ4n) is 1.36. The summed E-state index contributed by atoms with van der Waals surface area (Å²) >= 11 is 1.16. The molecule has 74 valence electrons. The van der Waals surface area contributed by atoms with Crippen LogP contribution in [0, 0.1) is 11.3 Å². The molecule has 0 saturated heterocycles. The highest BCUT2D eigenvalue weighted by Crippen LogP contribution is 2.08. The fraction of sp³-hybridized carbons (Fsp3) is 0.0909. The maximum atomic E-state index is 11.3. The van der Waals surface area contributed by atoms with Gasteiger partial charge in [0.15, 0.2) is 0 Å². The van der Waals surface area contributed by atoms with E-state index in [1.165, 1.54) is 0 Å². The first kappa shape index (κ1) is 9.69. The zero-order chi connectivity index (χ0) is 10.7. The number of hydrogen-bond donors (Lipinski definition) is 0. The number of rotatable bonds is 2. The second-order valence-electron chi connectivity index (χ2n) is 3.07. The van der Waals surface area contributed by atoms with Crippen LogP contribution in [0.4, 0.5) is 0 Å². The van der Waals surface area contributed by atoms with Crippen LogP contribution in [0.3, 0.4) is 0 Å². The molecule has 0 spiro atoms. The summed E-state index contributed by atoms with van der Waals surface area (Å²) in [5.41, 5.74) is 1.50. The number of nitriles is 1. The average Bonchev–Trinajstić information content (AvgIpc) is 2.65. The normalized spacial score (nSPS) is 9.80. The van der Waals surface area contributed by atoms with E-state index in [-0.39, 0.29) is 4.87 Å². The van der Waals surface area contributed by atoms with Gasteiger partial charge in [0.25, 0.3) is 0 Å². The van der Waals surface area contributed by atoms with E-state index in [4.69, 9.17) is 5.26 Å². The number of benzene rings is 1. The molecule has 0 atom stereocenters. The smallest absolute Gasteiger partial charge is 0.301 e. The number of hydrogen-bond acceptors (Lipinski definition) is 3. The van der Waals surface area contributed by atoms with E-state index in [9.17, 15) is 4.79 Å². The Morgan fingerprint density at radius 1 is 1.40 bits per heavy atom. The molecule has 15 heavy (non-hydrogen) atoms. The molecule has 0 amide bonds. The summed E-state index contributed by atoms with van der Waals surface area (Å²) in [7, 11) is 0. The van der Waals surface area contributed by atoms with Gasteiger partial charge in [-0.1, -0.05) is 29.5 Å². The molecule has 0 N–H and O–H groups in total. The van der Waals surface area contributed by atoms with Crippen molar-refractivity contribution >= 4 is 11.3 Å². The summed E-state index contributed by atoms with van der Waals surface area (Å²) in [6.07, 6.45) is 1.74. The quantitative estimate of drug-likeness (QED) is 0.768. The van der Waals surface area contributed by atoms with Crippen molar-refractivity contribution in [1.29, 1.82) is 5.26 Å². The molecule has 2 aromatic rings. The van der Waals surface area contributed by atoms with Crippen molar-refractivity contribution in [3.63, 3.8) is 0 Å². The zero-order valence-electron chi connectivity index (χ0n) is 7.88. The van der Waals surface area contributed by atoms with Crippen molar-refractivity contribution in [3.8, 4) is 6.07 Å². The fourth-order valence-corrected chi connectivity index (χ4v) is 1.94. The lowest BCUT2D eigenvalue weighted by molar-refractivity contribution is 0.782. The summed E-state index contributed by atoms with van der Waals surface area (Å²) in [6.45, 7) is 0.464. The predicted octanol–water partition coefficient (Wildman–Crippen LogP) is 1.83. The second-order valence-corrected chi connectivity index (χ2v) is 3.92. The number of aromatic nitrogens is 1. The SMILES string of the molecule is N#Cc1ccccc1Cn1ccsc1=O. The van der Waals surface area contributed by atoms with Crippen LogP contribution >= 0.6 is 11.3 Å². The van der Waals surface area contributed by atoms with Crippen molar-refractivity contribution in [2.75, 3.05) is 0 Å². The van der Waals surface area contributed by atoms with Crippen molar-refractivity contribution in [3.05, 3.63) is 56.6 Å². The molecule has 0 aliphatic carbocycles. The van der Waals surface area contributed by atoms with Crippen LogP contribution in [-0.2, 0) is 6.54 Å². The van der Waals surface area contributed by atoms with E-state index in [2.05, 4.69) is 6.07 Å². The van der Waals surface area contributed by atoms with E-state index in [0.29, 0.717) is 12.1 Å². The van der Waals surface area contributed by atoms with Gasteiger partial charge in [-0.05, 0) is 11.6 Å². The molecule has 0 aliphatic heterocycles. The summed E-state index contributed by atoms with van der Waals surface area (Å²) < 4.78 is 1.60. The molecule has 1 heterocycles. The largest absolute Gasteiger partial charge is 0.307 e. The molecular formula is C11H8N2OS. The van der Waals surface area contributed by atoms with E-state index in [1.807, 2.05) is 18.2 Å². The van der Waals surface area contributed by atoms with Crippen LogP contribution in [0.15, 0.2) is 40.6 Å². The van der Waals surface area contributed by atoms with E-state index < -0.39 is 0 Å². The molecule has 0 aliphatic rings. The molecule has 1 aromatic heterocycles. The second kappa shape index (κ2) is 4.11. The highest BCUT2D eigenvalue weighted by atomic mass is 32.1. The molecule has 3 nitrogen and oxygen atoms in total. The Kier molecular flexibility index (Phi) is 2.66. The molecule has 0 radical (unpaired) electrons. The van der Waals surface area contributed by atoms with E-state index in [1.54, 1.807) is 22.2 Å². The molecule has 0 bridgehead atoms. The Morgan fingerprint density at radius 3 is 2.87 bits per heavy atom. The summed E-state index contributed by atoms with van der Waals surface area (Å²) in [4.78, 5) is 11.3. The molecule has 0 saturated carbocycles. The Morgan fingerprint density at radius 2 is 2.20 bits per heavy atom. The van der Waals surface area contributed by atoms with Crippen LogP contribution in [-0.4, -0.2) is 4.57 Å². The molecule has 0 unspecified atom stereocenters. The Labute approximate surface area is 90.8 Å². The van der Waals surface area contributed by atoms with Crippen molar-refractivity contribution in [1.82, 2.24) is 4.57 Å². The Bertz CT molecular complexity index is 562. The van der Waals surface area contributed by atoms with Crippen molar-refractivity contribution in [2.45, 2.75) is 6.54 Å². The van der Waals surface area contributed by atoms with Gasteiger partial charge in [-0.3, -0.25) is 4.79 Å². The number of nitrogens with zero attached hydrogens (tertiary/aromatic N) is 2. The van der Waals surface area contributed by atoms with Crippen LogP contribution in [0.1, 0.15) is 11.1 Å². The van der Waals surface area contributed by atoms with Crippen molar-refractivity contribution in [2.24, 2.45) is 0 Å². The van der Waals surface area contributed by atoms with Gasteiger partial charge < -0.3 is 4.57 Å². The average molecular weight is 216 g/mol. The number of thiazole rings is 1. The molecular weight excluding hydrogens is 208 g/mol. The van der Waals surface area contributed by atoms with Gasteiger partial charge in [0.1, 0.15) is 0 Å². The summed E-state index contributed by atoms with van der Waals surface area (Å²) in [6, 6.07) is 9.42. The lowest BCUT2D eigenvalue weighted by Crippen LogP contribution is -2.13. The summed E-state index contributed by atoms with van der Waals surface area (Å²) in [5, 5.41) is 10.6. The lowest BCUT2D eigenvalue weighted by Gasteiger charge is -2.03.